The average molecular weight is 414 g/mol. The van der Waals surface area contributed by atoms with E-state index in [9.17, 15) is 4.79 Å². The molecule has 1 amide bonds. The van der Waals surface area contributed by atoms with Gasteiger partial charge in [-0.2, -0.15) is 0 Å². The highest BCUT2D eigenvalue weighted by atomic mass is 16.1. The van der Waals surface area contributed by atoms with Gasteiger partial charge in [0.2, 0.25) is 0 Å². The van der Waals surface area contributed by atoms with Gasteiger partial charge in [0.25, 0.3) is 5.91 Å². The number of anilines is 2. The van der Waals surface area contributed by atoms with E-state index in [2.05, 4.69) is 73.8 Å². The number of hydrogen-bond acceptors (Lipinski definition) is 5. The van der Waals surface area contributed by atoms with Gasteiger partial charge >= 0.3 is 0 Å². The molecule has 0 atom stereocenters. The molecule has 5 rings (SSSR count). The third-order valence-corrected chi connectivity index (χ3v) is 6.15. The number of fused-ring (bicyclic) bond motifs is 1. The molecular weight excluding hydrogens is 386 g/mol. The fraction of sp³-hybridized carbons (Fsp3) is 0.320. The van der Waals surface area contributed by atoms with Crippen LogP contribution in [0.25, 0.3) is 0 Å². The van der Waals surface area contributed by atoms with E-state index in [1.807, 2.05) is 6.07 Å². The molecule has 1 aromatic heterocycles. The highest BCUT2D eigenvalue weighted by molar-refractivity contribution is 5.92. The van der Waals surface area contributed by atoms with Crippen molar-refractivity contribution < 1.29 is 4.79 Å². The molecule has 0 bridgehead atoms. The molecule has 2 aliphatic rings. The molecule has 0 spiro atoms. The Morgan fingerprint density at radius 1 is 0.871 bits per heavy atom. The van der Waals surface area contributed by atoms with E-state index in [1.54, 1.807) is 6.07 Å². The maximum atomic E-state index is 12.4. The van der Waals surface area contributed by atoms with Gasteiger partial charge in [0, 0.05) is 38.4 Å². The first kappa shape index (κ1) is 19.5. The minimum atomic E-state index is -0.196. The lowest BCUT2D eigenvalue weighted by Crippen LogP contribution is -2.25. The second kappa shape index (κ2) is 8.76. The summed E-state index contributed by atoms with van der Waals surface area (Å²) in [5, 5.41) is 11.3. The van der Waals surface area contributed by atoms with Crippen molar-refractivity contribution in [3.8, 4) is 0 Å². The van der Waals surface area contributed by atoms with E-state index in [0.29, 0.717) is 12.2 Å². The van der Waals surface area contributed by atoms with Gasteiger partial charge in [0.1, 0.15) is 0 Å². The van der Waals surface area contributed by atoms with Gasteiger partial charge in [-0.15, -0.1) is 10.2 Å². The minimum absolute atomic E-state index is 0.196. The second-order valence-corrected chi connectivity index (χ2v) is 8.27. The van der Waals surface area contributed by atoms with Crippen LogP contribution in [0, 0.1) is 0 Å². The van der Waals surface area contributed by atoms with Gasteiger partial charge in [0.15, 0.2) is 11.5 Å². The summed E-state index contributed by atoms with van der Waals surface area (Å²) in [6, 6.07) is 20.7. The van der Waals surface area contributed by atoms with Crippen LogP contribution in [0.5, 0.6) is 0 Å². The number of carbonyl (C=O) groups excluding carboxylic acids is 1. The number of benzene rings is 2. The van der Waals surface area contributed by atoms with Gasteiger partial charge in [0.05, 0.1) is 0 Å². The summed E-state index contributed by atoms with van der Waals surface area (Å²) in [6.45, 7) is 4.47. The van der Waals surface area contributed by atoms with Crippen molar-refractivity contribution >= 4 is 17.4 Å². The van der Waals surface area contributed by atoms with Crippen LogP contribution in [-0.2, 0) is 19.5 Å². The molecule has 3 aromatic rings. The first-order chi connectivity index (χ1) is 15.3. The highest BCUT2D eigenvalue weighted by Gasteiger charge is 2.18. The molecule has 1 saturated heterocycles. The fourth-order valence-electron chi connectivity index (χ4n) is 4.39. The van der Waals surface area contributed by atoms with E-state index in [1.165, 1.54) is 29.7 Å². The van der Waals surface area contributed by atoms with Crippen molar-refractivity contribution in [3.63, 3.8) is 0 Å². The molecule has 0 saturated carbocycles. The Morgan fingerprint density at radius 2 is 1.65 bits per heavy atom. The number of rotatable bonds is 6. The van der Waals surface area contributed by atoms with Crippen LogP contribution in [0.1, 0.15) is 40.0 Å². The molecule has 6 heteroatoms. The number of nitrogens with one attached hydrogen (secondary N) is 1. The molecule has 3 heterocycles. The standard InChI is InChI=1S/C25H27N5O/c31-25(22-11-12-24(28-27-22)29-14-3-4-15-29)26-17-19-7-9-20(10-8-19)18-30-16-13-21-5-1-2-6-23(21)30/h1-2,5-12H,3-4,13-18H2,(H,26,31). The lowest BCUT2D eigenvalue weighted by atomic mass is 10.1. The Balaban J connectivity index is 1.14. The molecule has 2 aromatic carbocycles. The van der Waals surface area contributed by atoms with Crippen LogP contribution >= 0.6 is 0 Å². The first-order valence-corrected chi connectivity index (χ1v) is 11.0. The Kier molecular flexibility index (Phi) is 5.52. The Morgan fingerprint density at radius 3 is 2.42 bits per heavy atom. The van der Waals surface area contributed by atoms with Crippen molar-refractivity contribution in [2.45, 2.75) is 32.4 Å². The second-order valence-electron chi connectivity index (χ2n) is 8.27. The van der Waals surface area contributed by atoms with Gasteiger partial charge in [-0.05, 0) is 54.2 Å². The molecule has 158 valence electrons. The Labute approximate surface area is 182 Å². The lowest BCUT2D eigenvalue weighted by molar-refractivity contribution is 0.0945. The Hall–Kier alpha value is -3.41. The number of hydrogen-bond donors (Lipinski definition) is 1. The van der Waals surface area contributed by atoms with Crippen LogP contribution in [0.3, 0.4) is 0 Å². The molecule has 0 radical (unpaired) electrons. The summed E-state index contributed by atoms with van der Waals surface area (Å²) >= 11 is 0. The Bertz CT molecular complexity index is 1040. The quantitative estimate of drug-likeness (QED) is 0.669. The number of carbonyl (C=O) groups is 1. The zero-order chi connectivity index (χ0) is 21.0. The van der Waals surface area contributed by atoms with E-state index in [-0.39, 0.29) is 5.91 Å². The maximum absolute atomic E-state index is 12.4. The zero-order valence-electron chi connectivity index (χ0n) is 17.6. The lowest BCUT2D eigenvalue weighted by Gasteiger charge is -2.19. The van der Waals surface area contributed by atoms with Crippen LogP contribution in [0.15, 0.2) is 60.7 Å². The average Bonchev–Trinajstić information content (AvgIpc) is 3.49. The van der Waals surface area contributed by atoms with Crippen molar-refractivity contribution in [3.05, 3.63) is 83.0 Å². The van der Waals surface area contributed by atoms with E-state index < -0.39 is 0 Å². The smallest absolute Gasteiger partial charge is 0.272 e. The van der Waals surface area contributed by atoms with Gasteiger partial charge < -0.3 is 15.1 Å². The molecule has 2 aliphatic heterocycles. The third kappa shape index (κ3) is 4.38. The minimum Gasteiger partial charge on any atom is -0.367 e. The van der Waals surface area contributed by atoms with Crippen LogP contribution < -0.4 is 15.1 Å². The summed E-state index contributed by atoms with van der Waals surface area (Å²) in [5.74, 6) is 0.656. The van der Waals surface area contributed by atoms with Crippen molar-refractivity contribution in [1.82, 2.24) is 15.5 Å². The number of amides is 1. The molecule has 0 aliphatic carbocycles. The number of nitrogens with zero attached hydrogens (tertiary/aromatic N) is 4. The summed E-state index contributed by atoms with van der Waals surface area (Å²) in [6.07, 6.45) is 3.49. The summed E-state index contributed by atoms with van der Waals surface area (Å²) in [5.41, 5.74) is 5.47. The van der Waals surface area contributed by atoms with Crippen molar-refractivity contribution in [1.29, 1.82) is 0 Å². The van der Waals surface area contributed by atoms with Crippen LogP contribution in [0.4, 0.5) is 11.5 Å². The number of aromatic nitrogens is 2. The van der Waals surface area contributed by atoms with Crippen molar-refractivity contribution in [2.24, 2.45) is 0 Å². The summed E-state index contributed by atoms with van der Waals surface area (Å²) in [4.78, 5) is 17.1. The number of para-hydroxylation sites is 1. The zero-order valence-corrected chi connectivity index (χ0v) is 17.6. The normalized spacial score (nSPS) is 15.2. The molecular formula is C25H27N5O. The SMILES string of the molecule is O=C(NCc1ccc(CN2CCc3ccccc32)cc1)c1ccc(N2CCCC2)nn1. The molecule has 6 nitrogen and oxygen atoms in total. The van der Waals surface area contributed by atoms with Crippen LogP contribution in [0.2, 0.25) is 0 Å². The summed E-state index contributed by atoms with van der Waals surface area (Å²) < 4.78 is 0. The third-order valence-electron chi connectivity index (χ3n) is 6.15. The fourth-order valence-corrected chi connectivity index (χ4v) is 4.39. The molecule has 0 unspecified atom stereocenters. The van der Waals surface area contributed by atoms with E-state index in [0.717, 1.165) is 44.0 Å². The first-order valence-electron chi connectivity index (χ1n) is 11.0. The predicted octanol–water partition coefficient (Wildman–Crippen LogP) is 3.57. The van der Waals surface area contributed by atoms with E-state index >= 15 is 0 Å². The predicted molar refractivity (Wildman–Crippen MR) is 122 cm³/mol. The molecule has 31 heavy (non-hydrogen) atoms. The summed E-state index contributed by atoms with van der Waals surface area (Å²) in [7, 11) is 0. The largest absolute Gasteiger partial charge is 0.367 e. The van der Waals surface area contributed by atoms with Crippen molar-refractivity contribution in [2.75, 3.05) is 29.4 Å². The van der Waals surface area contributed by atoms with E-state index in [4.69, 9.17) is 0 Å². The molecule has 1 fully saturated rings. The topological polar surface area (TPSA) is 61.4 Å². The monoisotopic (exact) mass is 413 g/mol. The highest BCUT2D eigenvalue weighted by Crippen LogP contribution is 2.28. The van der Waals surface area contributed by atoms with Crippen LogP contribution in [-0.4, -0.2) is 35.7 Å². The van der Waals surface area contributed by atoms with Gasteiger partial charge in [-0.3, -0.25) is 4.79 Å². The van der Waals surface area contributed by atoms with Gasteiger partial charge in [-0.1, -0.05) is 42.5 Å². The van der Waals surface area contributed by atoms with Gasteiger partial charge in [-0.25, -0.2) is 0 Å². The molecule has 1 N–H and O–H groups in total. The maximum Gasteiger partial charge on any atom is 0.272 e.